The maximum Gasteiger partial charge on any atom is 0.137 e. The van der Waals surface area contributed by atoms with Gasteiger partial charge in [0.05, 0.1) is 16.6 Å². The molecule has 4 heteroatoms. The van der Waals surface area contributed by atoms with Crippen LogP contribution in [0.4, 0.5) is 0 Å². The number of quaternary nitrogens is 1. The number of ether oxygens (including phenoxy) is 1. The topological polar surface area (TPSA) is 25.8 Å². The summed E-state index contributed by atoms with van der Waals surface area (Å²) in [4.78, 5) is 0. The van der Waals surface area contributed by atoms with Crippen LogP contribution in [0.5, 0.6) is 5.75 Å². The van der Waals surface area contributed by atoms with Crippen molar-refractivity contribution in [3.8, 4) is 5.75 Å². The smallest absolute Gasteiger partial charge is 0.137 e. The van der Waals surface area contributed by atoms with Crippen LogP contribution in [0.2, 0.25) is 10.0 Å². The molecule has 0 saturated heterocycles. The average molecular weight is 247 g/mol. The molecule has 15 heavy (non-hydrogen) atoms. The van der Waals surface area contributed by atoms with E-state index in [2.05, 4.69) is 11.9 Å². The highest BCUT2D eigenvalue weighted by Crippen LogP contribution is 2.26. The predicted octanol–water partition coefficient (Wildman–Crippen LogP) is 2.12. The number of benzene rings is 1. The van der Waals surface area contributed by atoms with Gasteiger partial charge >= 0.3 is 0 Å². The van der Waals surface area contributed by atoms with Gasteiger partial charge in [0.1, 0.15) is 18.9 Å². The molecule has 0 amide bonds. The Morgan fingerprint density at radius 1 is 1.33 bits per heavy atom. The van der Waals surface area contributed by atoms with Crippen LogP contribution in [-0.2, 0) is 0 Å². The Morgan fingerprint density at radius 2 is 2.13 bits per heavy atom. The first kappa shape index (κ1) is 12.4. The van der Waals surface area contributed by atoms with Crippen molar-refractivity contribution >= 4 is 23.2 Å². The lowest BCUT2D eigenvalue weighted by Crippen LogP contribution is -2.85. The molecule has 1 aromatic carbocycles. The van der Waals surface area contributed by atoms with E-state index in [-0.39, 0.29) is 0 Å². The van der Waals surface area contributed by atoms with E-state index < -0.39 is 0 Å². The Bertz CT molecular complexity index is 328. The zero-order valence-corrected chi connectivity index (χ0v) is 9.89. The summed E-state index contributed by atoms with van der Waals surface area (Å²) in [5, 5.41) is 3.18. The molecule has 0 atom stereocenters. The zero-order chi connectivity index (χ0) is 11.1. The van der Waals surface area contributed by atoms with E-state index in [9.17, 15) is 0 Å². The monoisotopic (exact) mass is 246 g/mol. The molecule has 2 N–H and O–H groups in total. The van der Waals surface area contributed by atoms with Gasteiger partial charge in [-0.1, -0.05) is 29.8 Å². The standard InChI is InChI=1S/C11H13Cl2NO/c1-2-5-14-6-7-15-9-3-4-10(12)11(13)8-9/h2-4,8,14H,1,5-7H2/p+1. The predicted molar refractivity (Wildman–Crippen MR) is 63.8 cm³/mol. The van der Waals surface area contributed by atoms with Crippen LogP contribution in [0.3, 0.4) is 0 Å². The number of halogens is 2. The molecule has 0 aromatic heterocycles. The van der Waals surface area contributed by atoms with Gasteiger partial charge in [0.15, 0.2) is 0 Å². The summed E-state index contributed by atoms with van der Waals surface area (Å²) < 4.78 is 5.48. The quantitative estimate of drug-likeness (QED) is 0.604. The summed E-state index contributed by atoms with van der Waals surface area (Å²) in [5.41, 5.74) is 0. The minimum atomic E-state index is 0.518. The third kappa shape index (κ3) is 4.56. The molecule has 0 spiro atoms. The van der Waals surface area contributed by atoms with E-state index in [4.69, 9.17) is 27.9 Å². The lowest BCUT2D eigenvalue weighted by Gasteiger charge is -2.05. The van der Waals surface area contributed by atoms with Gasteiger partial charge in [0.25, 0.3) is 0 Å². The normalized spacial score (nSPS) is 10.0. The van der Waals surface area contributed by atoms with Gasteiger partial charge in [0, 0.05) is 6.07 Å². The van der Waals surface area contributed by atoms with Crippen LogP contribution in [0.1, 0.15) is 0 Å². The van der Waals surface area contributed by atoms with Crippen LogP contribution in [-0.4, -0.2) is 19.7 Å². The molecule has 0 saturated carbocycles. The van der Waals surface area contributed by atoms with Crippen molar-refractivity contribution in [1.29, 1.82) is 0 Å². The van der Waals surface area contributed by atoms with Crippen molar-refractivity contribution in [1.82, 2.24) is 0 Å². The maximum atomic E-state index is 5.84. The maximum absolute atomic E-state index is 5.84. The van der Waals surface area contributed by atoms with Crippen LogP contribution in [0, 0.1) is 0 Å². The number of rotatable bonds is 6. The fraction of sp³-hybridized carbons (Fsp3) is 0.273. The largest absolute Gasteiger partial charge is 0.488 e. The average Bonchev–Trinajstić information content (AvgIpc) is 2.23. The summed E-state index contributed by atoms with van der Waals surface area (Å²) in [6.07, 6.45) is 1.86. The lowest BCUT2D eigenvalue weighted by molar-refractivity contribution is -0.646. The fourth-order valence-corrected chi connectivity index (χ4v) is 1.35. The van der Waals surface area contributed by atoms with Crippen LogP contribution in [0.15, 0.2) is 30.9 Å². The van der Waals surface area contributed by atoms with Crippen LogP contribution < -0.4 is 10.1 Å². The van der Waals surface area contributed by atoms with Gasteiger partial charge in [-0.2, -0.15) is 0 Å². The van der Waals surface area contributed by atoms with Crippen LogP contribution in [0.25, 0.3) is 0 Å². The van der Waals surface area contributed by atoms with E-state index in [1.165, 1.54) is 0 Å². The van der Waals surface area contributed by atoms with Crippen molar-refractivity contribution in [2.45, 2.75) is 0 Å². The van der Waals surface area contributed by atoms with Gasteiger partial charge in [0.2, 0.25) is 0 Å². The van der Waals surface area contributed by atoms with E-state index in [0.29, 0.717) is 16.7 Å². The molecule has 0 unspecified atom stereocenters. The van der Waals surface area contributed by atoms with Crippen molar-refractivity contribution in [3.05, 3.63) is 40.9 Å². The van der Waals surface area contributed by atoms with Crippen LogP contribution >= 0.6 is 23.2 Å². The second-order valence-electron chi connectivity index (χ2n) is 3.03. The van der Waals surface area contributed by atoms with E-state index in [1.54, 1.807) is 12.1 Å². The number of hydrogen-bond acceptors (Lipinski definition) is 1. The van der Waals surface area contributed by atoms with Gasteiger partial charge in [-0.3, -0.25) is 0 Å². The zero-order valence-electron chi connectivity index (χ0n) is 8.38. The van der Waals surface area contributed by atoms with Gasteiger partial charge in [-0.05, 0) is 18.2 Å². The van der Waals surface area contributed by atoms with Gasteiger partial charge in [-0.15, -0.1) is 0 Å². The molecule has 0 aliphatic carbocycles. The van der Waals surface area contributed by atoms with Crippen molar-refractivity contribution in [2.75, 3.05) is 19.7 Å². The molecular formula is C11H14Cl2NO+. The molecule has 0 bridgehead atoms. The van der Waals surface area contributed by atoms with E-state index >= 15 is 0 Å². The molecule has 0 fully saturated rings. The second kappa shape index (κ2) is 6.72. The minimum Gasteiger partial charge on any atom is -0.488 e. The molecule has 1 rings (SSSR count). The SMILES string of the molecule is C=CC[NH2+]CCOc1ccc(Cl)c(Cl)c1. The summed E-state index contributed by atoms with van der Waals surface area (Å²) >= 11 is 11.6. The van der Waals surface area contributed by atoms with Crippen molar-refractivity contribution in [2.24, 2.45) is 0 Å². The van der Waals surface area contributed by atoms with Gasteiger partial charge in [-0.25, -0.2) is 0 Å². The molecular weight excluding hydrogens is 233 g/mol. The van der Waals surface area contributed by atoms with Gasteiger partial charge < -0.3 is 10.1 Å². The first-order valence-corrected chi connectivity index (χ1v) is 5.50. The number of hydrogen-bond donors (Lipinski definition) is 1. The number of nitrogens with two attached hydrogens (primary N) is 1. The molecule has 1 aromatic rings. The summed E-state index contributed by atoms with van der Waals surface area (Å²) in [5.74, 6) is 0.747. The molecule has 0 heterocycles. The highest BCUT2D eigenvalue weighted by Gasteiger charge is 2.00. The fourth-order valence-electron chi connectivity index (χ4n) is 1.06. The first-order valence-electron chi connectivity index (χ1n) is 4.74. The Morgan fingerprint density at radius 3 is 2.80 bits per heavy atom. The third-order valence-corrected chi connectivity index (χ3v) is 2.55. The second-order valence-corrected chi connectivity index (χ2v) is 3.84. The minimum absolute atomic E-state index is 0.518. The van der Waals surface area contributed by atoms with Crippen molar-refractivity contribution < 1.29 is 10.1 Å². The molecule has 82 valence electrons. The Kier molecular flexibility index (Phi) is 5.54. The Labute approximate surface area is 99.8 Å². The Hall–Kier alpha value is -0.700. The summed E-state index contributed by atoms with van der Waals surface area (Å²) in [7, 11) is 0. The lowest BCUT2D eigenvalue weighted by atomic mass is 10.3. The summed E-state index contributed by atoms with van der Waals surface area (Å²) in [6.45, 7) is 6.08. The Balaban J connectivity index is 2.31. The molecule has 2 nitrogen and oxygen atoms in total. The summed E-state index contributed by atoms with van der Waals surface area (Å²) in [6, 6.07) is 5.26. The highest BCUT2D eigenvalue weighted by atomic mass is 35.5. The first-order chi connectivity index (χ1) is 7.24. The molecule has 0 radical (unpaired) electrons. The van der Waals surface area contributed by atoms with E-state index in [1.807, 2.05) is 12.1 Å². The molecule has 0 aliphatic rings. The third-order valence-electron chi connectivity index (χ3n) is 1.82. The van der Waals surface area contributed by atoms with Crippen molar-refractivity contribution in [3.63, 3.8) is 0 Å². The van der Waals surface area contributed by atoms with E-state index in [0.717, 1.165) is 18.8 Å². The highest BCUT2D eigenvalue weighted by molar-refractivity contribution is 6.42. The molecule has 0 aliphatic heterocycles.